The summed E-state index contributed by atoms with van der Waals surface area (Å²) in [5.74, 6) is 1.10. The molecule has 0 spiro atoms. The van der Waals surface area contributed by atoms with Gasteiger partial charge in [0.05, 0.1) is 6.54 Å². The molecule has 0 aliphatic heterocycles. The maximum absolute atomic E-state index is 6.42. The van der Waals surface area contributed by atoms with Crippen molar-refractivity contribution >= 4 is 40.3 Å². The van der Waals surface area contributed by atoms with E-state index >= 15 is 0 Å². The van der Waals surface area contributed by atoms with Crippen LogP contribution in [0.15, 0.2) is 147 Å². The number of benzene rings is 5. The Bertz CT molecular complexity index is 1780. The number of rotatable bonds is 5. The van der Waals surface area contributed by atoms with Crippen LogP contribution in [0.3, 0.4) is 0 Å². The molecule has 5 aromatic carbocycles. The number of para-hydroxylation sites is 1. The highest BCUT2D eigenvalue weighted by atomic mass is 16.3. The van der Waals surface area contributed by atoms with Crippen molar-refractivity contribution < 1.29 is 4.42 Å². The molecule has 0 radical (unpaired) electrons. The summed E-state index contributed by atoms with van der Waals surface area (Å²) in [5.41, 5.74) is 6.65. The predicted octanol–water partition coefficient (Wildman–Crippen LogP) is 8.35. The summed E-state index contributed by atoms with van der Waals surface area (Å²) < 4.78 is 6.42. The lowest BCUT2D eigenvalue weighted by atomic mass is 10.0. The molecule has 0 aliphatic rings. The van der Waals surface area contributed by atoms with Crippen LogP contribution in [0.25, 0.3) is 33.1 Å². The average molecular weight is 492 g/mol. The van der Waals surface area contributed by atoms with Crippen LogP contribution in [0.4, 0.5) is 0 Å². The largest absolute Gasteiger partial charge is 0.455 e. The highest BCUT2D eigenvalue weighted by Gasteiger charge is 2.17. The third-order valence-corrected chi connectivity index (χ3v) is 6.50. The van der Waals surface area contributed by atoms with E-state index in [0.717, 1.165) is 49.8 Å². The Hall–Kier alpha value is -5.09. The fourth-order valence-electron chi connectivity index (χ4n) is 4.69. The third kappa shape index (κ3) is 4.56. The summed E-state index contributed by atoms with van der Waals surface area (Å²) in [4.78, 5) is 14.2. The maximum atomic E-state index is 6.42. The van der Waals surface area contributed by atoms with Crippen molar-refractivity contribution in [3.8, 4) is 11.1 Å². The van der Waals surface area contributed by atoms with E-state index in [9.17, 15) is 0 Å². The van der Waals surface area contributed by atoms with Crippen molar-refractivity contribution in [1.29, 1.82) is 0 Å². The molecule has 182 valence electrons. The van der Waals surface area contributed by atoms with E-state index in [0.29, 0.717) is 18.2 Å². The van der Waals surface area contributed by atoms with Crippen LogP contribution in [-0.2, 0) is 6.54 Å². The van der Waals surface area contributed by atoms with Gasteiger partial charge in [-0.2, -0.15) is 0 Å². The minimum absolute atomic E-state index is 0.499. The topological polar surface area (TPSA) is 50.2 Å². The minimum atomic E-state index is 0.499. The highest BCUT2D eigenvalue weighted by molar-refractivity contribution is 6.22. The van der Waals surface area contributed by atoms with Gasteiger partial charge in [-0.3, -0.25) is 4.99 Å². The summed E-state index contributed by atoms with van der Waals surface area (Å²) in [6.45, 7) is 4.38. The molecule has 38 heavy (non-hydrogen) atoms. The monoisotopic (exact) mass is 491 g/mol. The SMILES string of the molecule is C=NC(=NC(=NCc1ccccc1)c1ccccc1)c1cccc2oc3c(-c4ccccc4)cccc3c12. The van der Waals surface area contributed by atoms with Crippen LogP contribution in [0.1, 0.15) is 16.7 Å². The smallest absolute Gasteiger partial charge is 0.161 e. The fourth-order valence-corrected chi connectivity index (χ4v) is 4.69. The Morgan fingerprint density at radius 2 is 1.34 bits per heavy atom. The first-order chi connectivity index (χ1) is 18.8. The van der Waals surface area contributed by atoms with Gasteiger partial charge in [0.25, 0.3) is 0 Å². The van der Waals surface area contributed by atoms with Gasteiger partial charge in [0.2, 0.25) is 0 Å². The van der Waals surface area contributed by atoms with Gasteiger partial charge in [0, 0.05) is 27.5 Å². The van der Waals surface area contributed by atoms with Gasteiger partial charge >= 0.3 is 0 Å². The summed E-state index contributed by atoms with van der Waals surface area (Å²) in [6, 6.07) is 42.6. The molecule has 0 saturated heterocycles. The summed E-state index contributed by atoms with van der Waals surface area (Å²) >= 11 is 0. The molecule has 4 heteroatoms. The molecule has 0 aliphatic carbocycles. The first kappa shape index (κ1) is 23.3. The molecule has 1 heterocycles. The Morgan fingerprint density at radius 1 is 0.658 bits per heavy atom. The number of hydrogen-bond donors (Lipinski definition) is 0. The van der Waals surface area contributed by atoms with Crippen LogP contribution < -0.4 is 0 Å². The van der Waals surface area contributed by atoms with E-state index in [4.69, 9.17) is 14.4 Å². The molecule has 4 nitrogen and oxygen atoms in total. The van der Waals surface area contributed by atoms with E-state index in [1.54, 1.807) is 0 Å². The van der Waals surface area contributed by atoms with Gasteiger partial charge in [-0.05, 0) is 23.9 Å². The summed E-state index contributed by atoms with van der Waals surface area (Å²) in [5, 5.41) is 1.97. The summed E-state index contributed by atoms with van der Waals surface area (Å²) in [6.07, 6.45) is 0. The van der Waals surface area contributed by atoms with Gasteiger partial charge < -0.3 is 4.42 Å². The quantitative estimate of drug-likeness (QED) is 0.177. The van der Waals surface area contributed by atoms with E-state index < -0.39 is 0 Å². The number of furan rings is 1. The van der Waals surface area contributed by atoms with E-state index in [1.165, 1.54) is 0 Å². The first-order valence-electron chi connectivity index (χ1n) is 12.5. The Kier molecular flexibility index (Phi) is 6.44. The van der Waals surface area contributed by atoms with Crippen LogP contribution in [0.5, 0.6) is 0 Å². The molecule has 0 amide bonds. The second-order valence-corrected chi connectivity index (χ2v) is 8.91. The van der Waals surface area contributed by atoms with Gasteiger partial charge in [0.15, 0.2) is 11.7 Å². The van der Waals surface area contributed by atoms with Crippen molar-refractivity contribution in [3.63, 3.8) is 0 Å². The number of nitrogens with zero attached hydrogens (tertiary/aromatic N) is 3. The minimum Gasteiger partial charge on any atom is -0.455 e. The lowest BCUT2D eigenvalue weighted by molar-refractivity contribution is 0.670. The van der Waals surface area contributed by atoms with Crippen LogP contribution in [0, 0.1) is 0 Å². The first-order valence-corrected chi connectivity index (χ1v) is 12.5. The zero-order chi connectivity index (χ0) is 25.7. The maximum Gasteiger partial charge on any atom is 0.161 e. The van der Waals surface area contributed by atoms with Gasteiger partial charge in [-0.15, -0.1) is 0 Å². The molecule has 0 saturated carbocycles. The summed E-state index contributed by atoms with van der Waals surface area (Å²) in [7, 11) is 0. The molecular formula is C34H25N3O. The van der Waals surface area contributed by atoms with Crippen LogP contribution in [0.2, 0.25) is 0 Å². The molecular weight excluding hydrogens is 466 g/mol. The third-order valence-electron chi connectivity index (χ3n) is 6.50. The molecule has 1 aromatic heterocycles. The Labute approximate surface area is 221 Å². The van der Waals surface area contributed by atoms with Crippen molar-refractivity contribution in [3.05, 3.63) is 144 Å². The molecule has 0 fully saturated rings. The average Bonchev–Trinajstić information content (AvgIpc) is 3.38. The van der Waals surface area contributed by atoms with Gasteiger partial charge in [0.1, 0.15) is 11.2 Å². The normalized spacial score (nSPS) is 12.2. The molecule has 0 atom stereocenters. The van der Waals surface area contributed by atoms with Crippen molar-refractivity contribution in [1.82, 2.24) is 0 Å². The molecule has 6 rings (SSSR count). The number of aliphatic imine (C=N–C) groups is 3. The van der Waals surface area contributed by atoms with Gasteiger partial charge in [-0.25, -0.2) is 9.98 Å². The molecule has 6 aromatic rings. The fraction of sp³-hybridized carbons (Fsp3) is 0.0294. The zero-order valence-electron chi connectivity index (χ0n) is 20.8. The van der Waals surface area contributed by atoms with Crippen molar-refractivity contribution in [2.75, 3.05) is 0 Å². The lowest BCUT2D eigenvalue weighted by Gasteiger charge is -2.07. The van der Waals surface area contributed by atoms with Crippen molar-refractivity contribution in [2.24, 2.45) is 15.0 Å². The van der Waals surface area contributed by atoms with Crippen LogP contribution >= 0.6 is 0 Å². The molecule has 0 unspecified atom stereocenters. The number of amidine groups is 2. The van der Waals surface area contributed by atoms with Crippen molar-refractivity contribution in [2.45, 2.75) is 6.54 Å². The lowest BCUT2D eigenvalue weighted by Crippen LogP contribution is -2.06. The van der Waals surface area contributed by atoms with E-state index in [-0.39, 0.29) is 0 Å². The second-order valence-electron chi connectivity index (χ2n) is 8.91. The standard InChI is InChI=1S/C34H25N3O/c1-35-34(37-33(26-17-9-4-10-18-26)36-23-24-13-5-2-6-14-24)29-21-12-22-30-31(29)28-20-11-19-27(32(28)38-30)25-15-7-3-8-16-25/h2-22H,1,23H2. The molecule has 0 N–H and O–H groups in total. The zero-order valence-corrected chi connectivity index (χ0v) is 20.8. The predicted molar refractivity (Wildman–Crippen MR) is 158 cm³/mol. The highest BCUT2D eigenvalue weighted by Crippen LogP contribution is 2.37. The van der Waals surface area contributed by atoms with E-state index in [1.807, 2.05) is 84.9 Å². The van der Waals surface area contributed by atoms with E-state index in [2.05, 4.69) is 54.2 Å². The Morgan fingerprint density at radius 3 is 2.08 bits per heavy atom. The Balaban J connectivity index is 1.52. The van der Waals surface area contributed by atoms with Crippen LogP contribution in [-0.4, -0.2) is 18.4 Å². The molecule has 0 bridgehead atoms. The number of fused-ring (bicyclic) bond motifs is 3. The number of hydrogen-bond acceptors (Lipinski definition) is 2. The van der Waals surface area contributed by atoms with Gasteiger partial charge in [-0.1, -0.05) is 121 Å². The second kappa shape index (κ2) is 10.5.